The van der Waals surface area contributed by atoms with Gasteiger partial charge in [-0.1, -0.05) is 214 Å². The molecule has 0 N–H and O–H groups in total. The molecule has 1 nitrogen and oxygen atoms in total. The van der Waals surface area contributed by atoms with E-state index >= 15 is 0 Å². The van der Waals surface area contributed by atoms with Crippen LogP contribution < -0.4 is 4.90 Å². The summed E-state index contributed by atoms with van der Waals surface area (Å²) in [7, 11) is 0. The number of hydrogen-bond donors (Lipinski definition) is 0. The van der Waals surface area contributed by atoms with Gasteiger partial charge in [-0.2, -0.15) is 0 Å². The van der Waals surface area contributed by atoms with Crippen LogP contribution in [0, 0.1) is 5.82 Å². The van der Waals surface area contributed by atoms with Gasteiger partial charge in [-0.3, -0.25) is 0 Å². The van der Waals surface area contributed by atoms with Crippen LogP contribution in [-0.2, 0) is 5.41 Å². The topological polar surface area (TPSA) is 3.24 Å². The van der Waals surface area contributed by atoms with Crippen LogP contribution >= 0.6 is 0 Å². The highest BCUT2D eigenvalue weighted by Gasteiger charge is 2.36. The third-order valence-corrected chi connectivity index (χ3v) is 14.9. The first-order valence-corrected chi connectivity index (χ1v) is 24.5. The molecular weight excluding hydrogens is 862 g/mol. The number of halogens is 1. The van der Waals surface area contributed by atoms with Gasteiger partial charge in [0.05, 0.1) is 0 Å². The smallest absolute Gasteiger partial charge is 0.123 e. The Bertz CT molecular complexity index is 4010. The van der Waals surface area contributed by atoms with Gasteiger partial charge in [-0.25, -0.2) is 4.39 Å². The van der Waals surface area contributed by atoms with E-state index in [0.29, 0.717) is 0 Å². The molecule has 0 radical (unpaired) electrons. The van der Waals surface area contributed by atoms with Crippen molar-refractivity contribution in [3.05, 3.63) is 271 Å². The Morgan fingerprint density at radius 3 is 1.49 bits per heavy atom. The van der Waals surface area contributed by atoms with Gasteiger partial charge in [-0.15, -0.1) is 0 Å². The molecule has 0 aliphatic heterocycles. The molecular formula is C69H48FN. The molecule has 0 atom stereocenters. The van der Waals surface area contributed by atoms with Crippen molar-refractivity contribution in [1.29, 1.82) is 0 Å². The number of nitrogens with zero attached hydrogens (tertiary/aromatic N) is 1. The largest absolute Gasteiger partial charge is 0.310 e. The maximum Gasteiger partial charge on any atom is 0.123 e. The summed E-state index contributed by atoms with van der Waals surface area (Å²) in [5, 5.41) is 9.85. The lowest BCUT2D eigenvalue weighted by atomic mass is 9.80. The number of benzene rings is 12. The molecule has 0 saturated heterocycles. The quantitative estimate of drug-likeness (QED) is 0.108. The standard InChI is InChI=1S/C69H48FN/c1-69(2)65-42-46(25-24-45-26-33-52(34-27-45)71(53-36-31-51(70)32-37-53)54-35-29-47-14-6-7-17-49(47)43-54)28-38-58(65)59-39-30-50(44-66(59)69)67-60-20-10-12-22-62(60)68(63-23-13-11-21-61(63)67)64-41-40-55(48-15-4-3-5-16-48)56-18-8-9-19-57(56)64/h3-44H,1-2H3. The van der Waals surface area contributed by atoms with E-state index in [1.54, 1.807) is 0 Å². The fourth-order valence-electron chi connectivity index (χ4n) is 11.4. The lowest BCUT2D eigenvalue weighted by molar-refractivity contribution is 0.628. The minimum absolute atomic E-state index is 0.219. The molecule has 0 saturated carbocycles. The summed E-state index contributed by atoms with van der Waals surface area (Å²) in [5.74, 6) is -0.254. The molecule has 71 heavy (non-hydrogen) atoms. The number of hydrogen-bond acceptors (Lipinski definition) is 1. The summed E-state index contributed by atoms with van der Waals surface area (Å²) in [6.45, 7) is 4.75. The van der Waals surface area contributed by atoms with Crippen molar-refractivity contribution in [1.82, 2.24) is 0 Å². The molecule has 2 heteroatoms. The zero-order valence-electron chi connectivity index (χ0n) is 39.6. The minimum Gasteiger partial charge on any atom is -0.310 e. The lowest BCUT2D eigenvalue weighted by Gasteiger charge is -2.26. The van der Waals surface area contributed by atoms with Crippen LogP contribution in [0.15, 0.2) is 243 Å². The van der Waals surface area contributed by atoms with E-state index in [1.165, 1.54) is 105 Å². The molecule has 0 bridgehead atoms. The Labute approximate surface area is 414 Å². The first-order valence-electron chi connectivity index (χ1n) is 24.5. The molecule has 0 aromatic heterocycles. The highest BCUT2D eigenvalue weighted by molar-refractivity contribution is 6.24. The average molecular weight is 910 g/mol. The molecule has 1 aliphatic rings. The van der Waals surface area contributed by atoms with Crippen molar-refractivity contribution in [2.24, 2.45) is 0 Å². The summed E-state index contributed by atoms with van der Waals surface area (Å²) in [6, 6.07) is 86.5. The van der Waals surface area contributed by atoms with E-state index in [9.17, 15) is 4.39 Å². The van der Waals surface area contributed by atoms with Crippen LogP contribution in [0.2, 0.25) is 0 Å². The van der Waals surface area contributed by atoms with Gasteiger partial charge in [0.15, 0.2) is 0 Å². The third-order valence-electron chi connectivity index (χ3n) is 14.9. The molecule has 1 aliphatic carbocycles. The van der Waals surface area contributed by atoms with E-state index < -0.39 is 0 Å². The van der Waals surface area contributed by atoms with Crippen LogP contribution in [0.3, 0.4) is 0 Å². The van der Waals surface area contributed by atoms with Crippen molar-refractivity contribution < 1.29 is 4.39 Å². The molecule has 0 spiro atoms. The Hall–Kier alpha value is -8.85. The molecule has 12 aromatic carbocycles. The van der Waals surface area contributed by atoms with Gasteiger partial charge in [0.25, 0.3) is 0 Å². The Morgan fingerprint density at radius 2 is 0.817 bits per heavy atom. The van der Waals surface area contributed by atoms with Crippen LogP contribution in [0.25, 0.3) is 99.7 Å². The van der Waals surface area contributed by atoms with Gasteiger partial charge < -0.3 is 4.90 Å². The van der Waals surface area contributed by atoms with Crippen LogP contribution in [0.4, 0.5) is 21.5 Å². The molecule has 0 amide bonds. The summed E-state index contributed by atoms with van der Waals surface area (Å²) in [4.78, 5) is 2.18. The maximum absolute atomic E-state index is 14.1. The van der Waals surface area contributed by atoms with Crippen molar-refractivity contribution in [2.75, 3.05) is 4.90 Å². The van der Waals surface area contributed by atoms with Crippen LogP contribution in [0.1, 0.15) is 36.1 Å². The van der Waals surface area contributed by atoms with E-state index in [0.717, 1.165) is 33.6 Å². The maximum atomic E-state index is 14.1. The average Bonchev–Trinajstić information content (AvgIpc) is 3.64. The van der Waals surface area contributed by atoms with Gasteiger partial charge in [-0.05, 0) is 164 Å². The molecule has 13 rings (SSSR count). The second-order valence-electron chi connectivity index (χ2n) is 19.4. The van der Waals surface area contributed by atoms with Crippen LogP contribution in [0.5, 0.6) is 0 Å². The fourth-order valence-corrected chi connectivity index (χ4v) is 11.4. The first-order chi connectivity index (χ1) is 34.9. The van der Waals surface area contributed by atoms with Crippen molar-refractivity contribution in [3.8, 4) is 44.5 Å². The van der Waals surface area contributed by atoms with Crippen molar-refractivity contribution in [3.63, 3.8) is 0 Å². The molecule has 0 unspecified atom stereocenters. The van der Waals surface area contributed by atoms with Gasteiger partial charge in [0.2, 0.25) is 0 Å². The summed E-state index contributed by atoms with van der Waals surface area (Å²) >= 11 is 0. The van der Waals surface area contributed by atoms with Gasteiger partial charge >= 0.3 is 0 Å². The zero-order chi connectivity index (χ0) is 47.6. The van der Waals surface area contributed by atoms with E-state index in [1.807, 2.05) is 12.1 Å². The first kappa shape index (κ1) is 42.3. The minimum atomic E-state index is -0.254. The Balaban J connectivity index is 0.840. The number of fused-ring (bicyclic) bond motifs is 7. The summed E-state index contributed by atoms with van der Waals surface area (Å²) in [6.07, 6.45) is 4.41. The van der Waals surface area contributed by atoms with Gasteiger partial charge in [0, 0.05) is 22.5 Å². The molecule has 0 fully saturated rings. The summed E-state index contributed by atoms with van der Waals surface area (Å²) in [5.41, 5.74) is 17.7. The Morgan fingerprint density at radius 1 is 0.338 bits per heavy atom. The van der Waals surface area contributed by atoms with E-state index in [-0.39, 0.29) is 11.2 Å². The van der Waals surface area contributed by atoms with Crippen LogP contribution in [-0.4, -0.2) is 0 Å². The number of rotatable bonds is 8. The zero-order valence-corrected chi connectivity index (χ0v) is 39.6. The highest BCUT2D eigenvalue weighted by atomic mass is 19.1. The summed E-state index contributed by atoms with van der Waals surface area (Å²) < 4.78 is 14.1. The highest BCUT2D eigenvalue weighted by Crippen LogP contribution is 2.52. The predicted octanol–water partition coefficient (Wildman–Crippen LogP) is 19.4. The van der Waals surface area contributed by atoms with E-state index in [2.05, 4.69) is 249 Å². The molecule has 336 valence electrons. The van der Waals surface area contributed by atoms with Crippen molar-refractivity contribution in [2.45, 2.75) is 19.3 Å². The Kier molecular flexibility index (Phi) is 10.1. The molecule has 12 aromatic rings. The number of anilines is 3. The van der Waals surface area contributed by atoms with Gasteiger partial charge in [0.1, 0.15) is 5.82 Å². The monoisotopic (exact) mass is 909 g/mol. The third kappa shape index (κ3) is 7.22. The fraction of sp³-hybridized carbons (Fsp3) is 0.0435. The SMILES string of the molecule is CC1(C)c2cc(C=Cc3ccc(N(c4ccc(F)cc4)c4ccc5ccccc5c4)cc3)ccc2-c2ccc(-c3c4ccccc4c(-c4ccc(-c5ccccc5)c5ccccc45)c4ccccc34)cc21. The van der Waals surface area contributed by atoms with Crippen molar-refractivity contribution >= 4 is 72.3 Å². The second kappa shape index (κ2) is 17.0. The lowest BCUT2D eigenvalue weighted by Crippen LogP contribution is -2.15. The second-order valence-corrected chi connectivity index (χ2v) is 19.4. The predicted molar refractivity (Wildman–Crippen MR) is 300 cm³/mol. The normalized spacial score (nSPS) is 12.8. The molecule has 0 heterocycles. The van der Waals surface area contributed by atoms with E-state index in [4.69, 9.17) is 0 Å².